The van der Waals surface area contributed by atoms with Gasteiger partial charge in [0.1, 0.15) is 0 Å². The summed E-state index contributed by atoms with van der Waals surface area (Å²) in [7, 11) is 0. The Morgan fingerprint density at radius 3 is 2.43 bits per heavy atom. The Morgan fingerprint density at radius 2 is 1.77 bits per heavy atom. The molecule has 0 saturated heterocycles. The molecule has 154 valence electrons. The maximum atomic E-state index is 12.5. The molecule has 2 amide bonds. The number of nitrogens with zero attached hydrogens (tertiary/aromatic N) is 1. The summed E-state index contributed by atoms with van der Waals surface area (Å²) < 4.78 is 0. The second-order valence-corrected chi connectivity index (χ2v) is 7.77. The van der Waals surface area contributed by atoms with Crippen molar-refractivity contribution < 1.29 is 9.59 Å². The molecule has 2 aromatic rings. The van der Waals surface area contributed by atoms with Crippen molar-refractivity contribution >= 4 is 23.2 Å². The van der Waals surface area contributed by atoms with Crippen molar-refractivity contribution in [3.63, 3.8) is 0 Å². The first-order chi connectivity index (χ1) is 14.3. The largest absolute Gasteiger partial charge is 0.322 e. The van der Waals surface area contributed by atoms with Gasteiger partial charge < -0.3 is 5.32 Å². The first-order valence-corrected chi connectivity index (χ1v) is 10.0. The van der Waals surface area contributed by atoms with Crippen molar-refractivity contribution in [2.45, 2.75) is 33.6 Å². The van der Waals surface area contributed by atoms with E-state index in [-0.39, 0.29) is 11.8 Å². The van der Waals surface area contributed by atoms with Gasteiger partial charge in [-0.3, -0.25) is 9.59 Å². The zero-order valence-electron chi connectivity index (χ0n) is 17.7. The number of hydrazone groups is 1. The number of anilines is 1. The van der Waals surface area contributed by atoms with Crippen LogP contribution < -0.4 is 10.7 Å². The number of aryl methyl sites for hydroxylation is 1. The van der Waals surface area contributed by atoms with Crippen LogP contribution in [0.25, 0.3) is 0 Å². The molecule has 0 heterocycles. The molecule has 1 atom stereocenters. The molecule has 5 heteroatoms. The minimum Gasteiger partial charge on any atom is -0.322 e. The lowest BCUT2D eigenvalue weighted by Crippen LogP contribution is -2.23. The standard InChI is InChI=1S/C25H27N3O2/c1-16(2)20-9-8-18(4)23(15-20)27-28-25(30)19-10-12-22(13-11-19)26-24(29)21-7-5-6-17(3)14-21/h5-8,10-14,20H,1,9,15H2,2-4H3,(H,26,29)(H,28,30)/b27-23-. The van der Waals surface area contributed by atoms with Crippen molar-refractivity contribution in [3.05, 3.63) is 89.0 Å². The predicted octanol–water partition coefficient (Wildman–Crippen LogP) is 5.27. The van der Waals surface area contributed by atoms with Crippen LogP contribution in [0.3, 0.4) is 0 Å². The van der Waals surface area contributed by atoms with Gasteiger partial charge in [-0.15, -0.1) is 0 Å². The SMILES string of the molecule is C=C(C)C1CC=C(C)/C(=N\NC(=O)c2ccc(NC(=O)c3cccc(C)c3)cc2)C1. The van der Waals surface area contributed by atoms with Crippen LogP contribution in [-0.4, -0.2) is 17.5 Å². The van der Waals surface area contributed by atoms with Crippen LogP contribution in [0.1, 0.15) is 53.0 Å². The van der Waals surface area contributed by atoms with E-state index in [2.05, 4.69) is 28.5 Å². The molecule has 2 N–H and O–H groups in total. The molecule has 1 unspecified atom stereocenters. The van der Waals surface area contributed by atoms with Gasteiger partial charge in [0.2, 0.25) is 0 Å². The number of hydrogen-bond acceptors (Lipinski definition) is 3. The van der Waals surface area contributed by atoms with Gasteiger partial charge in [-0.25, -0.2) is 5.43 Å². The number of nitrogens with one attached hydrogen (secondary N) is 2. The van der Waals surface area contributed by atoms with E-state index in [1.54, 1.807) is 30.3 Å². The third kappa shape index (κ3) is 5.32. The number of carbonyl (C=O) groups is 2. The first kappa shape index (κ1) is 21.2. The monoisotopic (exact) mass is 401 g/mol. The first-order valence-electron chi connectivity index (χ1n) is 10.0. The number of benzene rings is 2. The molecule has 0 aromatic heterocycles. The molecular weight excluding hydrogens is 374 g/mol. The fourth-order valence-electron chi connectivity index (χ4n) is 3.30. The topological polar surface area (TPSA) is 70.6 Å². The molecule has 0 radical (unpaired) electrons. The van der Waals surface area contributed by atoms with E-state index < -0.39 is 0 Å². The normalized spacial score (nSPS) is 17.2. The molecule has 0 aliphatic heterocycles. The average molecular weight is 402 g/mol. The molecule has 2 aromatic carbocycles. The van der Waals surface area contributed by atoms with E-state index >= 15 is 0 Å². The van der Waals surface area contributed by atoms with Crippen LogP contribution in [0.2, 0.25) is 0 Å². The van der Waals surface area contributed by atoms with Gasteiger partial charge in [-0.05, 0) is 81.5 Å². The van der Waals surface area contributed by atoms with Crippen LogP contribution >= 0.6 is 0 Å². The van der Waals surface area contributed by atoms with Crippen LogP contribution in [0.4, 0.5) is 5.69 Å². The fourth-order valence-corrected chi connectivity index (χ4v) is 3.30. The molecule has 5 nitrogen and oxygen atoms in total. The number of hydrogen-bond donors (Lipinski definition) is 2. The summed E-state index contributed by atoms with van der Waals surface area (Å²) in [6.07, 6.45) is 3.88. The Kier molecular flexibility index (Phi) is 6.62. The Morgan fingerprint density at radius 1 is 1.03 bits per heavy atom. The summed E-state index contributed by atoms with van der Waals surface area (Å²) in [5.74, 6) is -0.112. The molecule has 1 aliphatic carbocycles. The molecule has 3 rings (SSSR count). The molecule has 0 bridgehead atoms. The Hall–Kier alpha value is -3.47. The lowest BCUT2D eigenvalue weighted by Gasteiger charge is -2.22. The highest BCUT2D eigenvalue weighted by atomic mass is 16.2. The average Bonchev–Trinajstić information content (AvgIpc) is 2.73. The quantitative estimate of drug-likeness (QED) is 0.529. The van der Waals surface area contributed by atoms with Gasteiger partial charge in [0, 0.05) is 16.8 Å². The summed E-state index contributed by atoms with van der Waals surface area (Å²) >= 11 is 0. The van der Waals surface area contributed by atoms with E-state index in [4.69, 9.17) is 0 Å². The van der Waals surface area contributed by atoms with Crippen molar-refractivity contribution in [1.29, 1.82) is 0 Å². The fraction of sp³-hybridized carbons (Fsp3) is 0.240. The zero-order chi connectivity index (χ0) is 21.7. The minimum atomic E-state index is -0.288. The van der Waals surface area contributed by atoms with E-state index in [0.717, 1.165) is 35.3 Å². The van der Waals surface area contributed by atoms with Gasteiger partial charge in [0.05, 0.1) is 5.71 Å². The van der Waals surface area contributed by atoms with Gasteiger partial charge in [-0.2, -0.15) is 5.10 Å². The van der Waals surface area contributed by atoms with E-state index in [1.165, 1.54) is 0 Å². The van der Waals surface area contributed by atoms with Crippen LogP contribution in [0.15, 0.2) is 77.4 Å². The number of amides is 2. The van der Waals surface area contributed by atoms with Crippen LogP contribution in [-0.2, 0) is 0 Å². The second-order valence-electron chi connectivity index (χ2n) is 7.77. The van der Waals surface area contributed by atoms with Gasteiger partial charge in [0.15, 0.2) is 0 Å². The van der Waals surface area contributed by atoms with Crippen molar-refractivity contribution in [1.82, 2.24) is 5.43 Å². The van der Waals surface area contributed by atoms with Crippen LogP contribution in [0, 0.1) is 12.8 Å². The lowest BCUT2D eigenvalue weighted by atomic mass is 9.85. The molecule has 0 spiro atoms. The molecular formula is C25H27N3O2. The Labute approximate surface area is 177 Å². The maximum absolute atomic E-state index is 12.5. The maximum Gasteiger partial charge on any atom is 0.271 e. The summed E-state index contributed by atoms with van der Waals surface area (Å²) in [4.78, 5) is 24.8. The Bertz CT molecular complexity index is 1030. The number of allylic oxidation sites excluding steroid dienone is 3. The summed E-state index contributed by atoms with van der Waals surface area (Å²) in [6.45, 7) is 10.0. The summed E-state index contributed by atoms with van der Waals surface area (Å²) in [5, 5.41) is 7.17. The van der Waals surface area contributed by atoms with E-state index in [9.17, 15) is 9.59 Å². The van der Waals surface area contributed by atoms with Crippen molar-refractivity contribution in [2.75, 3.05) is 5.32 Å². The highest BCUT2D eigenvalue weighted by Crippen LogP contribution is 2.26. The number of carbonyl (C=O) groups excluding carboxylic acids is 2. The van der Waals surface area contributed by atoms with E-state index in [0.29, 0.717) is 22.7 Å². The highest BCUT2D eigenvalue weighted by Gasteiger charge is 2.19. The van der Waals surface area contributed by atoms with Gasteiger partial charge in [0.25, 0.3) is 11.8 Å². The number of rotatable bonds is 5. The smallest absolute Gasteiger partial charge is 0.271 e. The molecule has 30 heavy (non-hydrogen) atoms. The summed E-state index contributed by atoms with van der Waals surface area (Å²) in [6, 6.07) is 14.1. The highest BCUT2D eigenvalue weighted by molar-refractivity contribution is 6.05. The third-order valence-electron chi connectivity index (χ3n) is 5.28. The molecule has 0 saturated carbocycles. The minimum absolute atomic E-state index is 0.186. The van der Waals surface area contributed by atoms with Crippen molar-refractivity contribution in [3.8, 4) is 0 Å². The third-order valence-corrected chi connectivity index (χ3v) is 5.28. The molecule has 1 aliphatic rings. The lowest BCUT2D eigenvalue weighted by molar-refractivity contribution is 0.0954. The predicted molar refractivity (Wildman–Crippen MR) is 122 cm³/mol. The van der Waals surface area contributed by atoms with E-state index in [1.807, 2.05) is 39.0 Å². The Balaban J connectivity index is 1.62. The van der Waals surface area contributed by atoms with Gasteiger partial charge in [-0.1, -0.05) is 35.9 Å². The second kappa shape index (κ2) is 9.35. The summed E-state index contributed by atoms with van der Waals surface area (Å²) in [5.41, 5.74) is 8.45. The van der Waals surface area contributed by atoms with Crippen molar-refractivity contribution in [2.24, 2.45) is 11.0 Å². The van der Waals surface area contributed by atoms with Gasteiger partial charge >= 0.3 is 0 Å². The molecule has 0 fully saturated rings. The van der Waals surface area contributed by atoms with Crippen LogP contribution in [0.5, 0.6) is 0 Å². The zero-order valence-corrected chi connectivity index (χ0v) is 17.7.